The van der Waals surface area contributed by atoms with Crippen LogP contribution < -0.4 is 10.2 Å². The van der Waals surface area contributed by atoms with Crippen LogP contribution in [0.4, 0.5) is 0 Å². The van der Waals surface area contributed by atoms with Crippen LogP contribution in [0.1, 0.15) is 39.9 Å². The first-order valence-electron chi connectivity index (χ1n) is 11.5. The molecule has 170 valence electrons. The summed E-state index contributed by atoms with van der Waals surface area (Å²) in [6.45, 7) is 3.17. The smallest absolute Gasteiger partial charge is 0.271 e. The van der Waals surface area contributed by atoms with Crippen molar-refractivity contribution in [3.63, 3.8) is 0 Å². The number of carbonyl (C=O) groups excluding carboxylic acids is 1. The molecule has 5 nitrogen and oxygen atoms in total. The van der Waals surface area contributed by atoms with Crippen LogP contribution in [0.2, 0.25) is 0 Å². The summed E-state index contributed by atoms with van der Waals surface area (Å²) in [7, 11) is 1.62. The van der Waals surface area contributed by atoms with Crippen molar-refractivity contribution in [2.24, 2.45) is 11.0 Å². The van der Waals surface area contributed by atoms with Gasteiger partial charge >= 0.3 is 0 Å². The van der Waals surface area contributed by atoms with Gasteiger partial charge in [0.2, 0.25) is 0 Å². The fraction of sp³-hybridized carbons (Fsp3) is 0.286. The van der Waals surface area contributed by atoms with Gasteiger partial charge < -0.3 is 4.74 Å². The standard InChI is InChI=1S/C28H31N3O2/c1-33-27-9-5-8-25(19-27)20-29-30-28(32)26-12-10-24(11-13-26)21-31-16-14-23(15-17-31)18-22-6-3-2-4-7-22/h2-13,19-20,23H,14-18,21H2,1H3,(H,30,32)/b29-20+. The van der Waals surface area contributed by atoms with Crippen LogP contribution in [0.3, 0.4) is 0 Å². The van der Waals surface area contributed by atoms with Crippen molar-refractivity contribution in [1.82, 2.24) is 10.3 Å². The molecule has 0 aliphatic carbocycles. The number of hydrazone groups is 1. The van der Waals surface area contributed by atoms with Crippen LogP contribution in [-0.4, -0.2) is 37.2 Å². The molecule has 5 heteroatoms. The Morgan fingerprint density at radius 3 is 2.48 bits per heavy atom. The molecule has 0 atom stereocenters. The number of methoxy groups -OCH3 is 1. The summed E-state index contributed by atoms with van der Waals surface area (Å²) >= 11 is 0. The fourth-order valence-corrected chi connectivity index (χ4v) is 4.27. The topological polar surface area (TPSA) is 53.9 Å². The Kier molecular flexibility index (Phi) is 7.88. The number of amides is 1. The Morgan fingerprint density at radius 1 is 1.00 bits per heavy atom. The van der Waals surface area contributed by atoms with Crippen molar-refractivity contribution in [3.8, 4) is 5.75 Å². The third kappa shape index (κ3) is 6.77. The number of likely N-dealkylation sites (tertiary alicyclic amines) is 1. The number of hydrogen-bond acceptors (Lipinski definition) is 4. The highest BCUT2D eigenvalue weighted by molar-refractivity contribution is 5.94. The van der Waals surface area contributed by atoms with Gasteiger partial charge in [0, 0.05) is 12.1 Å². The molecule has 0 aromatic heterocycles. The molecule has 1 N–H and O–H groups in total. The molecule has 0 saturated carbocycles. The van der Waals surface area contributed by atoms with E-state index >= 15 is 0 Å². The van der Waals surface area contributed by atoms with Crippen LogP contribution >= 0.6 is 0 Å². The summed E-state index contributed by atoms with van der Waals surface area (Å²) in [4.78, 5) is 14.9. The van der Waals surface area contributed by atoms with E-state index < -0.39 is 0 Å². The maximum absolute atomic E-state index is 12.4. The fourth-order valence-electron chi connectivity index (χ4n) is 4.27. The van der Waals surface area contributed by atoms with Crippen LogP contribution in [0.25, 0.3) is 0 Å². The molecular weight excluding hydrogens is 410 g/mol. The summed E-state index contributed by atoms with van der Waals surface area (Å²) in [5, 5.41) is 4.06. The number of rotatable bonds is 8. The van der Waals surface area contributed by atoms with E-state index in [1.165, 1.54) is 30.4 Å². The first-order chi connectivity index (χ1) is 16.2. The minimum Gasteiger partial charge on any atom is -0.497 e. The number of ether oxygens (including phenoxy) is 1. The lowest BCUT2D eigenvalue weighted by Crippen LogP contribution is -2.33. The molecule has 1 aliphatic rings. The summed E-state index contributed by atoms with van der Waals surface area (Å²) in [5.41, 5.74) is 6.72. The van der Waals surface area contributed by atoms with Gasteiger partial charge in [-0.15, -0.1) is 0 Å². The Hall–Kier alpha value is -3.44. The predicted octanol–water partition coefficient (Wildman–Crippen LogP) is 4.91. The number of piperidine rings is 1. The molecule has 0 spiro atoms. The second-order valence-electron chi connectivity index (χ2n) is 8.58. The average molecular weight is 442 g/mol. The summed E-state index contributed by atoms with van der Waals surface area (Å²) < 4.78 is 5.19. The Labute approximate surface area is 196 Å². The Balaban J connectivity index is 1.23. The van der Waals surface area contributed by atoms with Crippen LogP contribution in [0.15, 0.2) is 84.0 Å². The Bertz CT molecular complexity index is 1060. The molecule has 3 aromatic carbocycles. The van der Waals surface area contributed by atoms with Gasteiger partial charge in [0.1, 0.15) is 5.75 Å². The lowest BCUT2D eigenvalue weighted by Gasteiger charge is -2.32. The molecule has 3 aromatic rings. The number of nitrogens with one attached hydrogen (secondary N) is 1. The molecule has 0 bridgehead atoms. The van der Waals surface area contributed by atoms with E-state index in [1.54, 1.807) is 13.3 Å². The largest absolute Gasteiger partial charge is 0.497 e. The van der Waals surface area contributed by atoms with Crippen molar-refractivity contribution >= 4 is 12.1 Å². The van der Waals surface area contributed by atoms with Gasteiger partial charge in [-0.3, -0.25) is 9.69 Å². The lowest BCUT2D eigenvalue weighted by molar-refractivity contribution is 0.0955. The number of hydrogen-bond donors (Lipinski definition) is 1. The number of carbonyl (C=O) groups is 1. The van der Waals surface area contributed by atoms with Gasteiger partial charge in [0.25, 0.3) is 5.91 Å². The van der Waals surface area contributed by atoms with Crippen molar-refractivity contribution in [2.45, 2.75) is 25.8 Å². The van der Waals surface area contributed by atoms with Crippen molar-refractivity contribution < 1.29 is 9.53 Å². The van der Waals surface area contributed by atoms with Crippen molar-refractivity contribution in [2.75, 3.05) is 20.2 Å². The van der Waals surface area contributed by atoms with E-state index in [-0.39, 0.29) is 5.91 Å². The molecule has 0 radical (unpaired) electrons. The average Bonchev–Trinajstić information content (AvgIpc) is 2.86. The van der Waals surface area contributed by atoms with E-state index in [9.17, 15) is 4.79 Å². The molecule has 0 unspecified atom stereocenters. The number of nitrogens with zero attached hydrogens (tertiary/aromatic N) is 2. The molecule has 33 heavy (non-hydrogen) atoms. The van der Waals surface area contributed by atoms with Crippen LogP contribution in [0.5, 0.6) is 5.75 Å². The zero-order valence-corrected chi connectivity index (χ0v) is 19.1. The van der Waals surface area contributed by atoms with Gasteiger partial charge in [-0.25, -0.2) is 5.43 Å². The predicted molar refractivity (Wildman–Crippen MR) is 133 cm³/mol. The van der Waals surface area contributed by atoms with Gasteiger partial charge in [0.15, 0.2) is 0 Å². The van der Waals surface area contributed by atoms with Crippen molar-refractivity contribution in [1.29, 1.82) is 0 Å². The quantitative estimate of drug-likeness (QED) is 0.399. The summed E-state index contributed by atoms with van der Waals surface area (Å²) in [6.07, 6.45) is 5.26. The third-order valence-corrected chi connectivity index (χ3v) is 6.17. The Morgan fingerprint density at radius 2 is 1.76 bits per heavy atom. The third-order valence-electron chi connectivity index (χ3n) is 6.17. The molecular formula is C28H31N3O2. The van der Waals surface area contributed by atoms with Crippen LogP contribution in [0, 0.1) is 5.92 Å². The minimum atomic E-state index is -0.220. The summed E-state index contributed by atoms with van der Waals surface area (Å²) in [5.74, 6) is 1.30. The maximum atomic E-state index is 12.4. The highest BCUT2D eigenvalue weighted by atomic mass is 16.5. The maximum Gasteiger partial charge on any atom is 0.271 e. The van der Waals surface area contributed by atoms with Gasteiger partial charge in [-0.05, 0) is 79.2 Å². The van der Waals surface area contributed by atoms with E-state index in [2.05, 4.69) is 45.8 Å². The van der Waals surface area contributed by atoms with Gasteiger partial charge in [-0.2, -0.15) is 5.10 Å². The van der Waals surface area contributed by atoms with Gasteiger partial charge in [-0.1, -0.05) is 54.6 Å². The molecule has 1 fully saturated rings. The lowest BCUT2D eigenvalue weighted by atomic mass is 9.90. The summed E-state index contributed by atoms with van der Waals surface area (Å²) in [6, 6.07) is 26.1. The number of benzene rings is 3. The normalized spacial score (nSPS) is 14.9. The first kappa shape index (κ1) is 22.7. The second kappa shape index (κ2) is 11.4. The first-order valence-corrected chi connectivity index (χ1v) is 11.5. The molecule has 1 saturated heterocycles. The van der Waals surface area contributed by atoms with E-state index in [0.717, 1.165) is 36.9 Å². The zero-order chi connectivity index (χ0) is 22.9. The molecule has 1 aliphatic heterocycles. The van der Waals surface area contributed by atoms with E-state index in [4.69, 9.17) is 4.74 Å². The monoisotopic (exact) mass is 441 g/mol. The molecule has 1 amide bonds. The zero-order valence-electron chi connectivity index (χ0n) is 19.1. The SMILES string of the molecule is COc1cccc(/C=N/NC(=O)c2ccc(CN3CCC(Cc4ccccc4)CC3)cc2)c1. The van der Waals surface area contributed by atoms with Crippen LogP contribution in [-0.2, 0) is 13.0 Å². The van der Waals surface area contributed by atoms with Crippen molar-refractivity contribution in [3.05, 3.63) is 101 Å². The van der Waals surface area contributed by atoms with E-state index in [1.807, 2.05) is 48.5 Å². The van der Waals surface area contributed by atoms with E-state index in [0.29, 0.717) is 5.56 Å². The highest BCUT2D eigenvalue weighted by Gasteiger charge is 2.19. The van der Waals surface area contributed by atoms with Gasteiger partial charge in [0.05, 0.1) is 13.3 Å². The second-order valence-corrected chi connectivity index (χ2v) is 8.58. The molecule has 4 rings (SSSR count). The minimum absolute atomic E-state index is 0.220. The molecule has 1 heterocycles. The highest BCUT2D eigenvalue weighted by Crippen LogP contribution is 2.23.